The SMILES string of the molecule is CC(C)N(C(=O)CN1C2CCC1CC(O)C2)C(C)C. The molecule has 2 bridgehead atoms. The van der Waals surface area contributed by atoms with Crippen molar-refractivity contribution in [1.29, 1.82) is 0 Å². The summed E-state index contributed by atoms with van der Waals surface area (Å²) in [6, 6.07) is 1.33. The number of carbonyl (C=O) groups excluding carboxylic acids is 1. The standard InChI is InChI=1S/C15H28N2O2/c1-10(2)17(11(3)4)15(19)9-16-12-5-6-13(16)8-14(18)7-12/h10-14,18H,5-9H2,1-4H3. The topological polar surface area (TPSA) is 43.8 Å². The number of hydrogen-bond acceptors (Lipinski definition) is 3. The van der Waals surface area contributed by atoms with Gasteiger partial charge in [-0.1, -0.05) is 0 Å². The van der Waals surface area contributed by atoms with Gasteiger partial charge in [0.05, 0.1) is 12.6 Å². The number of fused-ring (bicyclic) bond motifs is 2. The Labute approximate surface area is 116 Å². The Morgan fingerprint density at radius 2 is 1.63 bits per heavy atom. The van der Waals surface area contributed by atoms with Gasteiger partial charge in [0.15, 0.2) is 0 Å². The first-order valence-electron chi connectivity index (χ1n) is 7.65. The Morgan fingerprint density at radius 3 is 2.05 bits per heavy atom. The van der Waals surface area contributed by atoms with E-state index in [0.29, 0.717) is 18.6 Å². The van der Waals surface area contributed by atoms with Crippen LogP contribution in [0.25, 0.3) is 0 Å². The summed E-state index contributed by atoms with van der Waals surface area (Å²) in [7, 11) is 0. The maximum atomic E-state index is 12.5. The fraction of sp³-hybridized carbons (Fsp3) is 0.933. The second kappa shape index (κ2) is 5.80. The highest BCUT2D eigenvalue weighted by atomic mass is 16.3. The lowest BCUT2D eigenvalue weighted by Gasteiger charge is -2.39. The minimum Gasteiger partial charge on any atom is -0.393 e. The van der Waals surface area contributed by atoms with E-state index < -0.39 is 0 Å². The van der Waals surface area contributed by atoms with Crippen molar-refractivity contribution in [3.63, 3.8) is 0 Å². The molecule has 2 fully saturated rings. The molecule has 2 aliphatic rings. The number of aliphatic hydroxyl groups is 1. The van der Waals surface area contributed by atoms with E-state index >= 15 is 0 Å². The van der Waals surface area contributed by atoms with Crippen molar-refractivity contribution in [3.05, 3.63) is 0 Å². The zero-order chi connectivity index (χ0) is 14.2. The Morgan fingerprint density at radius 1 is 1.16 bits per heavy atom. The van der Waals surface area contributed by atoms with Crippen LogP contribution in [0.2, 0.25) is 0 Å². The number of rotatable bonds is 4. The molecule has 0 saturated carbocycles. The summed E-state index contributed by atoms with van der Waals surface area (Å²) in [5.41, 5.74) is 0. The minimum atomic E-state index is -0.157. The van der Waals surface area contributed by atoms with E-state index in [1.807, 2.05) is 4.90 Å². The highest BCUT2D eigenvalue weighted by molar-refractivity contribution is 5.79. The lowest BCUT2D eigenvalue weighted by atomic mass is 10.00. The molecule has 2 heterocycles. The van der Waals surface area contributed by atoms with E-state index in [1.165, 1.54) is 0 Å². The summed E-state index contributed by atoms with van der Waals surface area (Å²) in [6.07, 6.45) is 3.80. The summed E-state index contributed by atoms with van der Waals surface area (Å²) < 4.78 is 0. The second-order valence-electron chi connectivity index (χ2n) is 6.67. The first-order valence-corrected chi connectivity index (χ1v) is 7.65. The van der Waals surface area contributed by atoms with Gasteiger partial charge in [-0.25, -0.2) is 0 Å². The van der Waals surface area contributed by atoms with Crippen LogP contribution in [0.4, 0.5) is 0 Å². The maximum Gasteiger partial charge on any atom is 0.237 e. The molecule has 2 rings (SSSR count). The van der Waals surface area contributed by atoms with E-state index in [-0.39, 0.29) is 24.1 Å². The quantitative estimate of drug-likeness (QED) is 0.842. The van der Waals surface area contributed by atoms with Gasteiger partial charge in [0.1, 0.15) is 0 Å². The van der Waals surface area contributed by atoms with Crippen LogP contribution in [0.15, 0.2) is 0 Å². The molecule has 2 atom stereocenters. The van der Waals surface area contributed by atoms with E-state index in [4.69, 9.17) is 0 Å². The lowest BCUT2D eigenvalue weighted by molar-refractivity contribution is -0.137. The smallest absolute Gasteiger partial charge is 0.237 e. The average molecular weight is 268 g/mol. The fourth-order valence-corrected chi connectivity index (χ4v) is 3.91. The van der Waals surface area contributed by atoms with Crippen molar-refractivity contribution in [2.24, 2.45) is 0 Å². The monoisotopic (exact) mass is 268 g/mol. The number of carbonyl (C=O) groups is 1. The number of piperidine rings is 1. The van der Waals surface area contributed by atoms with Crippen molar-refractivity contribution >= 4 is 5.91 Å². The van der Waals surface area contributed by atoms with E-state index in [2.05, 4.69) is 32.6 Å². The molecule has 0 aromatic rings. The molecule has 0 spiro atoms. The molecule has 110 valence electrons. The fourth-order valence-electron chi connectivity index (χ4n) is 3.91. The van der Waals surface area contributed by atoms with Crippen molar-refractivity contribution in [3.8, 4) is 0 Å². The van der Waals surface area contributed by atoms with Crippen LogP contribution < -0.4 is 0 Å². The molecule has 0 aromatic heterocycles. The van der Waals surface area contributed by atoms with E-state index in [1.54, 1.807) is 0 Å². The van der Waals surface area contributed by atoms with Crippen molar-refractivity contribution < 1.29 is 9.90 Å². The third kappa shape index (κ3) is 3.11. The number of nitrogens with zero attached hydrogens (tertiary/aromatic N) is 2. The van der Waals surface area contributed by atoms with E-state index in [0.717, 1.165) is 25.7 Å². The van der Waals surface area contributed by atoms with Gasteiger partial charge >= 0.3 is 0 Å². The number of amides is 1. The molecule has 4 nitrogen and oxygen atoms in total. The third-order valence-electron chi connectivity index (χ3n) is 4.58. The van der Waals surface area contributed by atoms with Gasteiger partial charge in [0.25, 0.3) is 0 Å². The molecule has 2 unspecified atom stereocenters. The predicted molar refractivity (Wildman–Crippen MR) is 75.9 cm³/mol. The molecule has 1 N–H and O–H groups in total. The zero-order valence-electron chi connectivity index (χ0n) is 12.7. The Bertz CT molecular complexity index is 308. The highest BCUT2D eigenvalue weighted by Crippen LogP contribution is 2.35. The Balaban J connectivity index is 1.99. The molecule has 4 heteroatoms. The van der Waals surface area contributed by atoms with Gasteiger partial charge in [-0.05, 0) is 53.4 Å². The second-order valence-corrected chi connectivity index (χ2v) is 6.67. The largest absolute Gasteiger partial charge is 0.393 e. The summed E-state index contributed by atoms with van der Waals surface area (Å²) in [6.45, 7) is 8.83. The zero-order valence-corrected chi connectivity index (χ0v) is 12.7. The van der Waals surface area contributed by atoms with Crippen molar-refractivity contribution in [1.82, 2.24) is 9.80 Å². The van der Waals surface area contributed by atoms with Gasteiger partial charge in [-0.15, -0.1) is 0 Å². The lowest BCUT2D eigenvalue weighted by Crippen LogP contribution is -2.52. The third-order valence-corrected chi connectivity index (χ3v) is 4.58. The molecule has 19 heavy (non-hydrogen) atoms. The van der Waals surface area contributed by atoms with Crippen LogP contribution >= 0.6 is 0 Å². The van der Waals surface area contributed by atoms with Gasteiger partial charge in [-0.3, -0.25) is 9.69 Å². The Kier molecular flexibility index (Phi) is 4.51. The minimum absolute atomic E-state index is 0.157. The van der Waals surface area contributed by atoms with Crippen LogP contribution in [0.1, 0.15) is 53.4 Å². The van der Waals surface area contributed by atoms with Crippen molar-refractivity contribution in [2.45, 2.75) is 83.6 Å². The molecule has 2 aliphatic heterocycles. The number of hydrogen-bond donors (Lipinski definition) is 1. The van der Waals surface area contributed by atoms with Crippen LogP contribution in [0.5, 0.6) is 0 Å². The van der Waals surface area contributed by atoms with Crippen LogP contribution in [0, 0.1) is 0 Å². The predicted octanol–water partition coefficient (Wildman–Crippen LogP) is 1.62. The first kappa shape index (κ1) is 14.8. The van der Waals surface area contributed by atoms with Gasteiger partial charge in [0, 0.05) is 24.2 Å². The van der Waals surface area contributed by atoms with Gasteiger partial charge < -0.3 is 10.0 Å². The summed E-state index contributed by atoms with van der Waals surface area (Å²) in [5.74, 6) is 0.235. The molecule has 0 aliphatic carbocycles. The van der Waals surface area contributed by atoms with Gasteiger partial charge in [-0.2, -0.15) is 0 Å². The highest BCUT2D eigenvalue weighted by Gasteiger charge is 2.41. The molecule has 1 amide bonds. The Hall–Kier alpha value is -0.610. The first-order chi connectivity index (χ1) is 8.90. The molecule has 0 radical (unpaired) electrons. The van der Waals surface area contributed by atoms with Crippen LogP contribution in [0.3, 0.4) is 0 Å². The van der Waals surface area contributed by atoms with Crippen LogP contribution in [-0.4, -0.2) is 57.6 Å². The van der Waals surface area contributed by atoms with Crippen molar-refractivity contribution in [2.75, 3.05) is 6.54 Å². The van der Waals surface area contributed by atoms with Gasteiger partial charge in [0.2, 0.25) is 5.91 Å². The average Bonchev–Trinajstić information content (AvgIpc) is 2.53. The summed E-state index contributed by atoms with van der Waals surface area (Å²) in [4.78, 5) is 16.8. The van der Waals surface area contributed by atoms with Crippen LogP contribution in [-0.2, 0) is 4.79 Å². The summed E-state index contributed by atoms with van der Waals surface area (Å²) >= 11 is 0. The molecular weight excluding hydrogens is 240 g/mol. The molecular formula is C15H28N2O2. The number of aliphatic hydroxyl groups excluding tert-OH is 1. The molecule has 2 saturated heterocycles. The normalized spacial score (nSPS) is 31.2. The van der Waals surface area contributed by atoms with E-state index in [9.17, 15) is 9.90 Å². The maximum absolute atomic E-state index is 12.5. The summed E-state index contributed by atoms with van der Waals surface area (Å²) in [5, 5.41) is 9.81. The molecule has 0 aromatic carbocycles.